The summed E-state index contributed by atoms with van der Waals surface area (Å²) in [6.45, 7) is 0.129. The minimum absolute atomic E-state index is 0.0504. The Kier molecular flexibility index (Phi) is 5.09. The van der Waals surface area contributed by atoms with Crippen LogP contribution < -0.4 is 11.1 Å². The average molecular weight is 395 g/mol. The Morgan fingerprint density at radius 1 is 1.19 bits per heavy atom. The lowest BCUT2D eigenvalue weighted by atomic mass is 10.1. The number of nitrogens with zero attached hydrogens (tertiary/aromatic N) is 1. The van der Waals surface area contributed by atoms with Gasteiger partial charge in [-0.3, -0.25) is 9.89 Å². The van der Waals surface area contributed by atoms with Crippen molar-refractivity contribution >= 4 is 23.2 Å². The van der Waals surface area contributed by atoms with E-state index in [9.17, 15) is 18.0 Å². The van der Waals surface area contributed by atoms with Gasteiger partial charge in [0.1, 0.15) is 0 Å². The number of H-pyrrole nitrogens is 1. The number of rotatable bonds is 4. The van der Waals surface area contributed by atoms with E-state index < -0.39 is 17.6 Å². The minimum Gasteiger partial charge on any atom is -0.396 e. The Balaban J connectivity index is 1.70. The second-order valence-electron chi connectivity index (χ2n) is 5.77. The molecule has 3 rings (SSSR count). The number of amides is 1. The number of aromatic amines is 1. The van der Waals surface area contributed by atoms with Crippen LogP contribution in [0.25, 0.3) is 11.3 Å². The Hall–Kier alpha value is -3.00. The number of nitrogens with two attached hydrogens (primary N) is 1. The lowest BCUT2D eigenvalue weighted by Crippen LogP contribution is -2.23. The van der Waals surface area contributed by atoms with E-state index in [0.29, 0.717) is 11.4 Å². The molecule has 2 aromatic carbocycles. The summed E-state index contributed by atoms with van der Waals surface area (Å²) in [7, 11) is 0. The van der Waals surface area contributed by atoms with Crippen LogP contribution in [-0.4, -0.2) is 16.1 Å². The Bertz CT molecular complexity index is 967. The van der Waals surface area contributed by atoms with Gasteiger partial charge in [-0.25, -0.2) is 0 Å². The summed E-state index contributed by atoms with van der Waals surface area (Å²) in [4.78, 5) is 12.2. The van der Waals surface area contributed by atoms with Crippen molar-refractivity contribution < 1.29 is 18.0 Å². The maximum atomic E-state index is 12.8. The first-order chi connectivity index (χ1) is 12.8. The number of hydrogen-bond acceptors (Lipinski definition) is 3. The van der Waals surface area contributed by atoms with E-state index in [-0.39, 0.29) is 17.1 Å². The number of hydrogen-bond donors (Lipinski definition) is 3. The minimum atomic E-state index is -4.55. The normalized spacial score (nSPS) is 11.4. The van der Waals surface area contributed by atoms with Crippen molar-refractivity contribution in [2.45, 2.75) is 12.7 Å². The van der Waals surface area contributed by atoms with Crippen molar-refractivity contribution in [3.8, 4) is 11.3 Å². The molecule has 0 bridgehead atoms. The Morgan fingerprint density at radius 2 is 1.89 bits per heavy atom. The van der Waals surface area contributed by atoms with E-state index in [2.05, 4.69) is 15.5 Å². The maximum Gasteiger partial charge on any atom is 0.416 e. The molecule has 3 aromatic rings. The predicted octanol–water partition coefficient (Wildman–Crippen LogP) is 4.26. The summed E-state index contributed by atoms with van der Waals surface area (Å²) in [6.07, 6.45) is -3.05. The number of alkyl halides is 3. The van der Waals surface area contributed by atoms with Crippen LogP contribution in [0.2, 0.25) is 5.02 Å². The van der Waals surface area contributed by atoms with Crippen LogP contribution >= 0.6 is 11.6 Å². The highest BCUT2D eigenvalue weighted by molar-refractivity contribution is 6.33. The molecule has 0 saturated heterocycles. The van der Waals surface area contributed by atoms with Crippen LogP contribution in [-0.2, 0) is 12.7 Å². The van der Waals surface area contributed by atoms with E-state index >= 15 is 0 Å². The van der Waals surface area contributed by atoms with Gasteiger partial charge in [0.15, 0.2) is 0 Å². The molecule has 0 aliphatic heterocycles. The zero-order valence-corrected chi connectivity index (χ0v) is 14.5. The number of halogens is 4. The fourth-order valence-corrected chi connectivity index (χ4v) is 2.67. The van der Waals surface area contributed by atoms with Gasteiger partial charge >= 0.3 is 6.18 Å². The highest BCUT2D eigenvalue weighted by Gasteiger charge is 2.31. The summed E-state index contributed by atoms with van der Waals surface area (Å²) >= 11 is 5.87. The molecule has 0 saturated carbocycles. The molecule has 0 spiro atoms. The SMILES string of the molecule is Nc1cn[nH]c1-c1ccc(CNC(=O)c2cc(C(F)(F)F)ccc2Cl)cc1. The first-order valence-corrected chi connectivity index (χ1v) is 8.16. The molecule has 1 aromatic heterocycles. The van der Waals surface area contributed by atoms with Crippen LogP contribution in [0.3, 0.4) is 0 Å². The van der Waals surface area contributed by atoms with Crippen molar-refractivity contribution in [1.82, 2.24) is 15.5 Å². The smallest absolute Gasteiger partial charge is 0.396 e. The van der Waals surface area contributed by atoms with E-state index in [0.717, 1.165) is 29.3 Å². The van der Waals surface area contributed by atoms with Gasteiger partial charge in [-0.2, -0.15) is 18.3 Å². The van der Waals surface area contributed by atoms with Gasteiger partial charge in [-0.1, -0.05) is 35.9 Å². The molecule has 0 radical (unpaired) electrons. The van der Waals surface area contributed by atoms with Crippen molar-refractivity contribution in [2.24, 2.45) is 0 Å². The highest BCUT2D eigenvalue weighted by Crippen LogP contribution is 2.31. The van der Waals surface area contributed by atoms with Crippen LogP contribution in [0.5, 0.6) is 0 Å². The topological polar surface area (TPSA) is 83.8 Å². The zero-order valence-electron chi connectivity index (χ0n) is 13.8. The molecule has 1 heterocycles. The van der Waals surface area contributed by atoms with Crippen molar-refractivity contribution in [1.29, 1.82) is 0 Å². The first kappa shape index (κ1) is 18.8. The molecule has 5 nitrogen and oxygen atoms in total. The number of carbonyl (C=O) groups excluding carboxylic acids is 1. The molecule has 0 fully saturated rings. The molecule has 0 atom stereocenters. The molecule has 0 unspecified atom stereocenters. The molecular weight excluding hydrogens is 381 g/mol. The number of nitrogens with one attached hydrogen (secondary N) is 2. The lowest BCUT2D eigenvalue weighted by Gasteiger charge is -2.11. The van der Waals surface area contributed by atoms with E-state index in [1.54, 1.807) is 24.3 Å². The van der Waals surface area contributed by atoms with Crippen molar-refractivity contribution in [3.05, 3.63) is 70.4 Å². The van der Waals surface area contributed by atoms with Crippen molar-refractivity contribution in [3.63, 3.8) is 0 Å². The monoisotopic (exact) mass is 394 g/mol. The number of aromatic nitrogens is 2. The van der Waals surface area contributed by atoms with Crippen LogP contribution in [0.1, 0.15) is 21.5 Å². The molecule has 9 heteroatoms. The third kappa shape index (κ3) is 4.22. The van der Waals surface area contributed by atoms with E-state index in [1.165, 1.54) is 6.20 Å². The molecule has 0 aliphatic carbocycles. The maximum absolute atomic E-state index is 12.8. The second-order valence-corrected chi connectivity index (χ2v) is 6.18. The number of carbonyl (C=O) groups is 1. The van der Waals surface area contributed by atoms with Gasteiger partial charge in [-0.15, -0.1) is 0 Å². The molecule has 1 amide bonds. The molecule has 140 valence electrons. The average Bonchev–Trinajstić information content (AvgIpc) is 3.05. The third-order valence-electron chi connectivity index (χ3n) is 3.90. The lowest BCUT2D eigenvalue weighted by molar-refractivity contribution is -0.137. The zero-order chi connectivity index (χ0) is 19.6. The summed E-state index contributed by atoms with van der Waals surface area (Å²) in [5.74, 6) is -0.687. The van der Waals surface area contributed by atoms with Gasteiger partial charge in [0.2, 0.25) is 0 Å². The van der Waals surface area contributed by atoms with Gasteiger partial charge in [0, 0.05) is 12.1 Å². The predicted molar refractivity (Wildman–Crippen MR) is 96.1 cm³/mol. The summed E-state index contributed by atoms with van der Waals surface area (Å²) in [5.41, 5.74) is 7.40. The highest BCUT2D eigenvalue weighted by atomic mass is 35.5. The second kappa shape index (κ2) is 7.32. The number of nitrogen functional groups attached to an aromatic ring is 1. The summed E-state index contributed by atoms with van der Waals surface area (Å²) in [6, 6.07) is 9.75. The van der Waals surface area contributed by atoms with Crippen LogP contribution in [0.4, 0.5) is 18.9 Å². The fourth-order valence-electron chi connectivity index (χ4n) is 2.47. The van der Waals surface area contributed by atoms with Gasteiger partial charge < -0.3 is 11.1 Å². The first-order valence-electron chi connectivity index (χ1n) is 7.79. The van der Waals surface area contributed by atoms with Crippen LogP contribution in [0.15, 0.2) is 48.7 Å². The molecule has 0 aliphatic rings. The van der Waals surface area contributed by atoms with Gasteiger partial charge in [0.25, 0.3) is 5.91 Å². The summed E-state index contributed by atoms with van der Waals surface area (Å²) in [5, 5.41) is 9.15. The third-order valence-corrected chi connectivity index (χ3v) is 4.23. The Labute approximate surface area is 157 Å². The number of anilines is 1. The van der Waals surface area contributed by atoms with Gasteiger partial charge in [-0.05, 0) is 23.8 Å². The quantitative estimate of drug-likeness (QED) is 0.618. The van der Waals surface area contributed by atoms with Crippen LogP contribution in [0, 0.1) is 0 Å². The molecule has 4 N–H and O–H groups in total. The standard InChI is InChI=1S/C18H14ClF3N4O/c19-14-6-5-12(18(20,21)22)7-13(14)17(27)24-8-10-1-3-11(4-2-10)16-15(23)9-25-26-16/h1-7,9H,8,23H2,(H,24,27)(H,25,26). The Morgan fingerprint density at radius 3 is 2.48 bits per heavy atom. The number of benzene rings is 2. The largest absolute Gasteiger partial charge is 0.416 e. The van der Waals surface area contributed by atoms with E-state index in [4.69, 9.17) is 17.3 Å². The van der Waals surface area contributed by atoms with E-state index in [1.807, 2.05) is 0 Å². The molecular formula is C18H14ClF3N4O. The molecule has 27 heavy (non-hydrogen) atoms. The fraction of sp³-hybridized carbons (Fsp3) is 0.111. The van der Waals surface area contributed by atoms with Crippen molar-refractivity contribution in [2.75, 3.05) is 5.73 Å². The summed E-state index contributed by atoms with van der Waals surface area (Å²) < 4.78 is 38.4. The van der Waals surface area contributed by atoms with Gasteiger partial charge in [0.05, 0.1) is 33.7 Å².